The summed E-state index contributed by atoms with van der Waals surface area (Å²) in [6.45, 7) is 6.73. The van der Waals surface area contributed by atoms with Gasteiger partial charge in [-0.05, 0) is 25.7 Å². The van der Waals surface area contributed by atoms with Crippen molar-refractivity contribution in [2.45, 2.75) is 56.6 Å². The number of nitrogens with zero attached hydrogens (tertiary/aromatic N) is 3. The van der Waals surface area contributed by atoms with Crippen molar-refractivity contribution in [1.29, 1.82) is 0 Å². The predicted octanol–water partition coefficient (Wildman–Crippen LogP) is 1.64. The molecule has 0 unspecified atom stereocenters. The van der Waals surface area contributed by atoms with Gasteiger partial charge in [-0.1, -0.05) is 6.92 Å². The standard InChI is InChI=1S/C16H25N3O3/c1-16(4-5-16)15-17-14(12-2-6-20-7-3-12)18-19(15)10-13-11-21-8-9-22-13/h12-13H,2-11H2,1H3/t13-/m1/s1. The molecule has 6 heteroatoms. The van der Waals surface area contributed by atoms with Gasteiger partial charge in [0, 0.05) is 24.5 Å². The van der Waals surface area contributed by atoms with E-state index in [0.29, 0.717) is 25.7 Å². The van der Waals surface area contributed by atoms with Gasteiger partial charge in [0.1, 0.15) is 11.9 Å². The average Bonchev–Trinajstić information content (AvgIpc) is 3.16. The van der Waals surface area contributed by atoms with E-state index in [9.17, 15) is 0 Å². The summed E-state index contributed by atoms with van der Waals surface area (Å²) in [6.07, 6.45) is 4.58. The summed E-state index contributed by atoms with van der Waals surface area (Å²) in [4.78, 5) is 4.93. The zero-order valence-corrected chi connectivity index (χ0v) is 13.3. The molecule has 2 aliphatic heterocycles. The molecule has 1 atom stereocenters. The van der Waals surface area contributed by atoms with Gasteiger partial charge in [0.15, 0.2) is 5.82 Å². The largest absolute Gasteiger partial charge is 0.381 e. The van der Waals surface area contributed by atoms with Gasteiger partial charge in [0.2, 0.25) is 0 Å². The summed E-state index contributed by atoms with van der Waals surface area (Å²) in [5, 5.41) is 4.85. The first-order chi connectivity index (χ1) is 10.7. The highest BCUT2D eigenvalue weighted by molar-refractivity contribution is 5.18. The van der Waals surface area contributed by atoms with E-state index >= 15 is 0 Å². The summed E-state index contributed by atoms with van der Waals surface area (Å²) in [5.41, 5.74) is 0.214. The molecule has 0 amide bonds. The molecule has 1 aromatic heterocycles. The zero-order valence-electron chi connectivity index (χ0n) is 13.3. The minimum Gasteiger partial charge on any atom is -0.381 e. The SMILES string of the molecule is CC1(c2nc(C3CCOCC3)nn2C[C@@H]2COCCO2)CC1. The van der Waals surface area contributed by atoms with E-state index in [1.54, 1.807) is 0 Å². The number of hydrogen-bond acceptors (Lipinski definition) is 5. The summed E-state index contributed by atoms with van der Waals surface area (Å²) in [7, 11) is 0. The topological polar surface area (TPSA) is 58.4 Å². The lowest BCUT2D eigenvalue weighted by atomic mass is 10.00. The second-order valence-electron chi connectivity index (χ2n) is 6.99. The Labute approximate surface area is 131 Å². The molecule has 0 aromatic carbocycles. The summed E-state index contributed by atoms with van der Waals surface area (Å²) >= 11 is 0. The molecule has 6 nitrogen and oxygen atoms in total. The van der Waals surface area contributed by atoms with Crippen molar-refractivity contribution < 1.29 is 14.2 Å². The molecule has 0 spiro atoms. The second-order valence-corrected chi connectivity index (χ2v) is 6.99. The third-order valence-electron chi connectivity index (χ3n) is 5.08. The molecule has 122 valence electrons. The molecule has 22 heavy (non-hydrogen) atoms. The van der Waals surface area contributed by atoms with E-state index in [-0.39, 0.29) is 11.5 Å². The van der Waals surface area contributed by atoms with Crippen LogP contribution in [0.15, 0.2) is 0 Å². The van der Waals surface area contributed by atoms with Crippen molar-refractivity contribution in [2.75, 3.05) is 33.0 Å². The third kappa shape index (κ3) is 2.92. The van der Waals surface area contributed by atoms with Crippen LogP contribution in [-0.4, -0.2) is 53.9 Å². The molecule has 0 N–H and O–H groups in total. The fraction of sp³-hybridized carbons (Fsp3) is 0.875. The molecule has 0 radical (unpaired) electrons. The maximum Gasteiger partial charge on any atom is 0.154 e. The van der Waals surface area contributed by atoms with Gasteiger partial charge < -0.3 is 14.2 Å². The zero-order chi connectivity index (χ0) is 15.0. The van der Waals surface area contributed by atoms with Gasteiger partial charge in [-0.3, -0.25) is 0 Å². The van der Waals surface area contributed by atoms with Crippen molar-refractivity contribution in [3.8, 4) is 0 Å². The van der Waals surface area contributed by atoms with Crippen LogP contribution < -0.4 is 0 Å². The maximum absolute atomic E-state index is 5.79. The van der Waals surface area contributed by atoms with Gasteiger partial charge >= 0.3 is 0 Å². The van der Waals surface area contributed by atoms with E-state index in [4.69, 9.17) is 24.3 Å². The van der Waals surface area contributed by atoms with Crippen LogP contribution in [0.25, 0.3) is 0 Å². The number of ether oxygens (including phenoxy) is 3. The summed E-state index contributed by atoms with van der Waals surface area (Å²) in [5.74, 6) is 2.59. The van der Waals surface area contributed by atoms with E-state index in [1.807, 2.05) is 0 Å². The summed E-state index contributed by atoms with van der Waals surface area (Å²) < 4.78 is 18.9. The van der Waals surface area contributed by atoms with Gasteiger partial charge in [0.05, 0.1) is 26.4 Å². The maximum atomic E-state index is 5.79. The van der Waals surface area contributed by atoms with Crippen LogP contribution in [0.1, 0.15) is 50.2 Å². The Morgan fingerprint density at radius 1 is 1.14 bits per heavy atom. The van der Waals surface area contributed by atoms with Gasteiger partial charge in [0.25, 0.3) is 0 Å². The first-order valence-corrected chi connectivity index (χ1v) is 8.47. The average molecular weight is 307 g/mol. The Kier molecular flexibility index (Phi) is 3.92. The Bertz CT molecular complexity index is 515. The molecule has 1 aliphatic carbocycles. The van der Waals surface area contributed by atoms with Crippen LogP contribution in [0.3, 0.4) is 0 Å². The lowest BCUT2D eigenvalue weighted by molar-refractivity contribution is -0.0950. The van der Waals surface area contributed by atoms with Crippen LogP contribution >= 0.6 is 0 Å². The van der Waals surface area contributed by atoms with Crippen molar-refractivity contribution in [1.82, 2.24) is 14.8 Å². The minimum absolute atomic E-state index is 0.0964. The first-order valence-electron chi connectivity index (χ1n) is 8.47. The van der Waals surface area contributed by atoms with E-state index in [0.717, 1.165) is 44.2 Å². The minimum atomic E-state index is 0.0964. The fourth-order valence-corrected chi connectivity index (χ4v) is 3.31. The van der Waals surface area contributed by atoms with Crippen LogP contribution in [-0.2, 0) is 26.2 Å². The normalized spacial score (nSPS) is 28.7. The first kappa shape index (κ1) is 14.6. The predicted molar refractivity (Wildman–Crippen MR) is 80.0 cm³/mol. The van der Waals surface area contributed by atoms with Gasteiger partial charge in [-0.15, -0.1) is 0 Å². The van der Waals surface area contributed by atoms with E-state index < -0.39 is 0 Å². The molecular weight excluding hydrogens is 282 g/mol. The van der Waals surface area contributed by atoms with Crippen LogP contribution in [0, 0.1) is 0 Å². The monoisotopic (exact) mass is 307 g/mol. The molecule has 2 saturated heterocycles. The van der Waals surface area contributed by atoms with Gasteiger partial charge in [-0.2, -0.15) is 5.10 Å². The van der Waals surface area contributed by atoms with E-state index in [2.05, 4.69) is 11.6 Å². The molecule has 1 aromatic rings. The number of aromatic nitrogens is 3. The molecule has 4 rings (SSSR count). The van der Waals surface area contributed by atoms with Crippen LogP contribution in [0.5, 0.6) is 0 Å². The van der Waals surface area contributed by atoms with Crippen molar-refractivity contribution >= 4 is 0 Å². The van der Waals surface area contributed by atoms with Crippen molar-refractivity contribution in [3.05, 3.63) is 11.6 Å². The second kappa shape index (κ2) is 5.91. The highest BCUT2D eigenvalue weighted by Gasteiger charge is 2.44. The number of rotatable bonds is 4. The smallest absolute Gasteiger partial charge is 0.154 e. The highest BCUT2D eigenvalue weighted by atomic mass is 16.6. The number of hydrogen-bond donors (Lipinski definition) is 0. The molecule has 3 heterocycles. The quantitative estimate of drug-likeness (QED) is 0.846. The third-order valence-corrected chi connectivity index (χ3v) is 5.08. The van der Waals surface area contributed by atoms with Crippen LogP contribution in [0.2, 0.25) is 0 Å². The van der Waals surface area contributed by atoms with Crippen molar-refractivity contribution in [3.63, 3.8) is 0 Å². The Hall–Kier alpha value is -0.980. The molecule has 3 aliphatic rings. The Morgan fingerprint density at radius 3 is 2.64 bits per heavy atom. The lowest BCUT2D eigenvalue weighted by Gasteiger charge is -2.23. The Balaban J connectivity index is 1.56. The van der Waals surface area contributed by atoms with E-state index in [1.165, 1.54) is 12.8 Å². The van der Waals surface area contributed by atoms with Gasteiger partial charge in [-0.25, -0.2) is 9.67 Å². The lowest BCUT2D eigenvalue weighted by Crippen LogP contribution is -2.33. The summed E-state index contributed by atoms with van der Waals surface area (Å²) in [6, 6.07) is 0. The Morgan fingerprint density at radius 2 is 1.95 bits per heavy atom. The molecule has 3 fully saturated rings. The highest BCUT2D eigenvalue weighted by Crippen LogP contribution is 2.47. The van der Waals surface area contributed by atoms with Crippen molar-refractivity contribution in [2.24, 2.45) is 0 Å². The molecular formula is C16H25N3O3. The fourth-order valence-electron chi connectivity index (χ4n) is 3.31. The molecule has 1 saturated carbocycles. The van der Waals surface area contributed by atoms with Crippen LogP contribution in [0.4, 0.5) is 0 Å². The molecule has 0 bridgehead atoms.